The topological polar surface area (TPSA) is 47.6 Å². The molecule has 0 saturated carbocycles. The number of rotatable bonds is 6. The molecule has 122 valence electrons. The van der Waals surface area contributed by atoms with E-state index in [2.05, 4.69) is 5.32 Å². The molecule has 0 radical (unpaired) electrons. The van der Waals surface area contributed by atoms with E-state index < -0.39 is 11.7 Å². The maximum absolute atomic E-state index is 11.6. The fourth-order valence-electron chi connectivity index (χ4n) is 1.81. The van der Waals surface area contributed by atoms with Gasteiger partial charge in [0.05, 0.1) is 7.11 Å². The molecule has 0 unspecified atom stereocenters. The Balaban J connectivity index is 2.44. The van der Waals surface area contributed by atoms with E-state index in [-0.39, 0.29) is 0 Å². The second-order valence-electron chi connectivity index (χ2n) is 5.97. The molecular weight excluding hydrogens is 302 g/mol. The van der Waals surface area contributed by atoms with Crippen LogP contribution in [0.25, 0.3) is 0 Å². The summed E-state index contributed by atoms with van der Waals surface area (Å²) in [4.78, 5) is 11.6. The number of nitrogens with one attached hydrogen (secondary N) is 1. The molecule has 0 bridgehead atoms. The number of methoxy groups -OCH3 is 1. The Kier molecular flexibility index (Phi) is 7.25. The number of aryl methyl sites for hydroxylation is 1. The Morgan fingerprint density at radius 2 is 2.09 bits per heavy atom. The Bertz CT molecular complexity index is 521. The zero-order valence-corrected chi connectivity index (χ0v) is 14.4. The molecule has 5 heteroatoms. The predicted molar refractivity (Wildman–Crippen MR) is 89.5 cm³/mol. The summed E-state index contributed by atoms with van der Waals surface area (Å²) in [7, 11) is 1.65. The lowest BCUT2D eigenvalue weighted by molar-refractivity contribution is 0.0532. The van der Waals surface area contributed by atoms with Crippen LogP contribution >= 0.6 is 11.6 Å². The van der Waals surface area contributed by atoms with Gasteiger partial charge < -0.3 is 14.8 Å². The number of ether oxygens (including phenoxy) is 2. The summed E-state index contributed by atoms with van der Waals surface area (Å²) in [5.41, 5.74) is 3.11. The molecule has 1 aromatic rings. The number of hydrogen-bond acceptors (Lipinski definition) is 3. The van der Waals surface area contributed by atoms with Crippen LogP contribution in [0.2, 0.25) is 0 Å². The first-order chi connectivity index (χ1) is 10.3. The molecule has 0 spiro atoms. The molecule has 0 saturated heterocycles. The van der Waals surface area contributed by atoms with Crippen LogP contribution in [0.15, 0.2) is 35.4 Å². The van der Waals surface area contributed by atoms with Gasteiger partial charge >= 0.3 is 6.09 Å². The van der Waals surface area contributed by atoms with Crippen LogP contribution in [0.3, 0.4) is 0 Å². The van der Waals surface area contributed by atoms with E-state index in [0.717, 1.165) is 29.7 Å². The summed E-state index contributed by atoms with van der Waals surface area (Å²) in [6, 6.07) is 7.89. The number of alkyl carbamates (subject to hydrolysis) is 1. The van der Waals surface area contributed by atoms with Gasteiger partial charge in [-0.15, -0.1) is 0 Å². The third kappa shape index (κ3) is 7.36. The Labute approximate surface area is 137 Å². The van der Waals surface area contributed by atoms with Crippen LogP contribution in [0.4, 0.5) is 4.79 Å². The van der Waals surface area contributed by atoms with Gasteiger partial charge in [-0.2, -0.15) is 0 Å². The molecule has 4 nitrogen and oxygen atoms in total. The largest absolute Gasteiger partial charge is 0.497 e. The lowest BCUT2D eigenvalue weighted by atomic mass is 10.1. The minimum absolute atomic E-state index is 0.377. The molecule has 0 aliphatic heterocycles. The molecule has 0 aromatic heterocycles. The fourth-order valence-corrected chi connectivity index (χ4v) is 2.00. The van der Waals surface area contributed by atoms with E-state index in [9.17, 15) is 4.79 Å². The summed E-state index contributed by atoms with van der Waals surface area (Å²) in [6.45, 7) is 5.86. The lowest BCUT2D eigenvalue weighted by Crippen LogP contribution is -2.33. The number of hydrogen-bond donors (Lipinski definition) is 1. The van der Waals surface area contributed by atoms with Crippen molar-refractivity contribution in [2.24, 2.45) is 0 Å². The van der Waals surface area contributed by atoms with Crippen LogP contribution in [-0.2, 0) is 11.2 Å². The van der Waals surface area contributed by atoms with Gasteiger partial charge in [0.25, 0.3) is 0 Å². The van der Waals surface area contributed by atoms with Crippen molar-refractivity contribution in [3.63, 3.8) is 0 Å². The fraction of sp³-hybridized carbons (Fsp3) is 0.471. The minimum atomic E-state index is -0.504. The van der Waals surface area contributed by atoms with Crippen LogP contribution in [0.5, 0.6) is 5.75 Å². The van der Waals surface area contributed by atoms with Crippen LogP contribution in [0, 0.1) is 0 Å². The smallest absolute Gasteiger partial charge is 0.407 e. The Morgan fingerprint density at radius 1 is 1.36 bits per heavy atom. The molecule has 1 rings (SSSR count). The predicted octanol–water partition coefficient (Wildman–Crippen LogP) is 4.28. The number of benzene rings is 1. The number of halogens is 1. The van der Waals surface area contributed by atoms with Crippen molar-refractivity contribution in [1.29, 1.82) is 0 Å². The highest BCUT2D eigenvalue weighted by Crippen LogP contribution is 2.16. The highest BCUT2D eigenvalue weighted by molar-refractivity contribution is 6.25. The van der Waals surface area contributed by atoms with Crippen molar-refractivity contribution < 1.29 is 14.3 Å². The van der Waals surface area contributed by atoms with Gasteiger partial charge in [-0.1, -0.05) is 23.7 Å². The summed E-state index contributed by atoms with van der Waals surface area (Å²) < 4.78 is 10.4. The molecule has 0 fully saturated rings. The van der Waals surface area contributed by atoms with E-state index in [1.807, 2.05) is 45.0 Å². The zero-order valence-electron chi connectivity index (χ0n) is 13.6. The standard InChI is InChI=1S/C17H24ClNO3/c1-17(2,3)22-16(20)19-12-14(11-18)9-8-13-6-5-7-15(10-13)21-4/h5-7,10-11H,8-9,12H2,1-4H3,(H,19,20)/b14-11-. The average molecular weight is 326 g/mol. The maximum atomic E-state index is 11.6. The average Bonchev–Trinajstić information content (AvgIpc) is 2.46. The van der Waals surface area contributed by atoms with Crippen molar-refractivity contribution >= 4 is 17.7 Å². The van der Waals surface area contributed by atoms with Gasteiger partial charge in [0.2, 0.25) is 0 Å². The van der Waals surface area contributed by atoms with Gasteiger partial charge in [-0.25, -0.2) is 4.79 Å². The summed E-state index contributed by atoms with van der Waals surface area (Å²) in [5.74, 6) is 0.834. The van der Waals surface area contributed by atoms with Gasteiger partial charge in [0.15, 0.2) is 0 Å². The SMILES string of the molecule is COc1cccc(CC/C(=C/Cl)CNC(=O)OC(C)(C)C)c1. The first kappa shape index (κ1) is 18.4. The van der Waals surface area contributed by atoms with E-state index >= 15 is 0 Å². The van der Waals surface area contributed by atoms with E-state index in [0.29, 0.717) is 6.54 Å². The molecule has 0 aliphatic carbocycles. The van der Waals surface area contributed by atoms with E-state index in [4.69, 9.17) is 21.1 Å². The Hall–Kier alpha value is -1.68. The number of carbonyl (C=O) groups is 1. The summed E-state index contributed by atoms with van der Waals surface area (Å²) in [5, 5.41) is 2.71. The van der Waals surface area contributed by atoms with Gasteiger partial charge in [-0.05, 0) is 56.9 Å². The van der Waals surface area contributed by atoms with E-state index in [1.165, 1.54) is 5.54 Å². The number of amides is 1. The zero-order chi connectivity index (χ0) is 16.6. The number of carbonyl (C=O) groups excluding carboxylic acids is 1. The van der Waals surface area contributed by atoms with Crippen molar-refractivity contribution in [3.05, 3.63) is 40.9 Å². The maximum Gasteiger partial charge on any atom is 0.407 e. The van der Waals surface area contributed by atoms with Gasteiger partial charge in [0.1, 0.15) is 11.4 Å². The highest BCUT2D eigenvalue weighted by Gasteiger charge is 2.15. The molecule has 22 heavy (non-hydrogen) atoms. The van der Waals surface area contributed by atoms with Crippen molar-refractivity contribution in [2.75, 3.05) is 13.7 Å². The molecule has 0 aliphatic rings. The van der Waals surface area contributed by atoms with Crippen molar-refractivity contribution in [1.82, 2.24) is 5.32 Å². The summed E-state index contributed by atoms with van der Waals surface area (Å²) in [6.07, 6.45) is 1.14. The van der Waals surface area contributed by atoms with Crippen molar-refractivity contribution in [2.45, 2.75) is 39.2 Å². The monoisotopic (exact) mass is 325 g/mol. The molecule has 0 heterocycles. The van der Waals surface area contributed by atoms with Crippen molar-refractivity contribution in [3.8, 4) is 5.75 Å². The molecule has 1 N–H and O–H groups in total. The normalized spacial score (nSPS) is 12.0. The summed E-state index contributed by atoms with van der Waals surface area (Å²) >= 11 is 5.83. The van der Waals surface area contributed by atoms with Crippen LogP contribution in [-0.4, -0.2) is 25.3 Å². The third-order valence-corrected chi connectivity index (χ3v) is 3.19. The lowest BCUT2D eigenvalue weighted by Gasteiger charge is -2.20. The molecule has 1 aromatic carbocycles. The van der Waals surface area contributed by atoms with Gasteiger partial charge in [-0.3, -0.25) is 0 Å². The first-order valence-electron chi connectivity index (χ1n) is 7.22. The Morgan fingerprint density at radius 3 is 2.68 bits per heavy atom. The van der Waals surface area contributed by atoms with E-state index in [1.54, 1.807) is 7.11 Å². The second-order valence-corrected chi connectivity index (χ2v) is 6.19. The highest BCUT2D eigenvalue weighted by atomic mass is 35.5. The molecular formula is C17H24ClNO3. The van der Waals surface area contributed by atoms with Crippen LogP contribution in [0.1, 0.15) is 32.8 Å². The first-order valence-corrected chi connectivity index (χ1v) is 7.65. The third-order valence-electron chi connectivity index (χ3n) is 2.88. The quantitative estimate of drug-likeness (QED) is 0.849. The second kappa shape index (κ2) is 8.69. The minimum Gasteiger partial charge on any atom is -0.497 e. The van der Waals surface area contributed by atoms with Gasteiger partial charge in [0, 0.05) is 12.1 Å². The molecule has 1 amide bonds. The van der Waals surface area contributed by atoms with Crippen LogP contribution < -0.4 is 10.1 Å². The molecule has 0 atom stereocenters.